The lowest BCUT2D eigenvalue weighted by atomic mass is 10.2. The third-order valence-electron chi connectivity index (χ3n) is 4.36. The maximum atomic E-state index is 13.1. The Bertz CT molecular complexity index is 886. The molecule has 5 heteroatoms. The first-order valence-corrected chi connectivity index (χ1v) is 8.64. The highest BCUT2D eigenvalue weighted by molar-refractivity contribution is 5.94. The van der Waals surface area contributed by atoms with Gasteiger partial charge in [-0.1, -0.05) is 18.2 Å². The van der Waals surface area contributed by atoms with Gasteiger partial charge in [0.2, 0.25) is 0 Å². The van der Waals surface area contributed by atoms with E-state index in [0.29, 0.717) is 25.2 Å². The normalized spacial score (nSPS) is 10.7. The first kappa shape index (κ1) is 17.9. The van der Waals surface area contributed by atoms with E-state index in [1.807, 2.05) is 42.7 Å². The van der Waals surface area contributed by atoms with Gasteiger partial charge in [0.25, 0.3) is 5.91 Å². The van der Waals surface area contributed by atoms with Gasteiger partial charge in [0.1, 0.15) is 11.5 Å². The third kappa shape index (κ3) is 4.17. The maximum Gasteiger partial charge on any atom is 0.268 e. The summed E-state index contributed by atoms with van der Waals surface area (Å²) in [5.41, 5.74) is 4.48. The number of amides is 1. The van der Waals surface area contributed by atoms with Gasteiger partial charge in [-0.05, 0) is 55.3 Å². The summed E-state index contributed by atoms with van der Waals surface area (Å²) in [5, 5.41) is 2.98. The van der Waals surface area contributed by atoms with Gasteiger partial charge in [-0.2, -0.15) is 0 Å². The molecule has 1 aromatic carbocycles. The van der Waals surface area contributed by atoms with Crippen molar-refractivity contribution in [2.24, 2.45) is 0 Å². The molecule has 0 spiro atoms. The predicted octanol–water partition coefficient (Wildman–Crippen LogP) is 3.66. The molecule has 0 fully saturated rings. The summed E-state index contributed by atoms with van der Waals surface area (Å²) in [4.78, 5) is 17.0. The van der Waals surface area contributed by atoms with Crippen LogP contribution >= 0.6 is 0 Å². The molecule has 3 rings (SSSR count). The zero-order chi connectivity index (χ0) is 18.5. The highest BCUT2D eigenvalue weighted by Gasteiger charge is 2.17. The lowest BCUT2D eigenvalue weighted by Crippen LogP contribution is -2.29. The van der Waals surface area contributed by atoms with Crippen molar-refractivity contribution in [3.05, 3.63) is 88.8 Å². The number of nitrogens with one attached hydrogen (secondary N) is 1. The van der Waals surface area contributed by atoms with Crippen LogP contribution in [0.4, 0.5) is 4.39 Å². The third-order valence-corrected chi connectivity index (χ3v) is 4.36. The molecule has 0 radical (unpaired) electrons. The number of aromatic nitrogens is 2. The topological polar surface area (TPSA) is 46.9 Å². The molecule has 0 aliphatic carbocycles. The van der Waals surface area contributed by atoms with Gasteiger partial charge < -0.3 is 9.88 Å². The van der Waals surface area contributed by atoms with Gasteiger partial charge >= 0.3 is 0 Å². The van der Waals surface area contributed by atoms with Crippen molar-refractivity contribution in [3.63, 3.8) is 0 Å². The number of rotatable bonds is 6. The lowest BCUT2D eigenvalue weighted by molar-refractivity contribution is 0.0944. The molecule has 134 valence electrons. The number of halogens is 1. The van der Waals surface area contributed by atoms with E-state index in [0.717, 1.165) is 22.5 Å². The fourth-order valence-corrected chi connectivity index (χ4v) is 3.06. The Hall–Kier alpha value is -2.95. The quantitative estimate of drug-likeness (QED) is 0.737. The molecule has 0 unspecified atom stereocenters. The summed E-state index contributed by atoms with van der Waals surface area (Å²) in [5.74, 6) is -0.365. The number of benzene rings is 1. The fourth-order valence-electron chi connectivity index (χ4n) is 3.06. The minimum absolute atomic E-state index is 0.103. The molecule has 0 aliphatic heterocycles. The standard InChI is InChI=1S/C21H22FN3O/c1-15-13-16(2)25(14-17-6-8-18(22)9-7-17)20(15)21(26)24-12-10-19-5-3-4-11-23-19/h3-9,11,13H,10,12,14H2,1-2H3,(H,24,26). The van der Waals surface area contributed by atoms with Crippen molar-refractivity contribution in [1.82, 2.24) is 14.9 Å². The van der Waals surface area contributed by atoms with Crippen LogP contribution in [0.3, 0.4) is 0 Å². The number of carbonyl (C=O) groups excluding carboxylic acids is 1. The smallest absolute Gasteiger partial charge is 0.268 e. The molecule has 3 aromatic rings. The summed E-state index contributed by atoms with van der Waals surface area (Å²) in [7, 11) is 0. The number of carbonyl (C=O) groups is 1. The van der Waals surface area contributed by atoms with Crippen LogP contribution in [-0.4, -0.2) is 22.0 Å². The molecule has 2 heterocycles. The SMILES string of the molecule is Cc1cc(C)n(Cc2ccc(F)cc2)c1C(=O)NCCc1ccccn1. The molecule has 26 heavy (non-hydrogen) atoms. The van der Waals surface area contributed by atoms with Crippen molar-refractivity contribution < 1.29 is 9.18 Å². The Morgan fingerprint density at radius 3 is 2.62 bits per heavy atom. The Labute approximate surface area is 152 Å². The number of hydrogen-bond donors (Lipinski definition) is 1. The molecule has 4 nitrogen and oxygen atoms in total. The molecule has 0 atom stereocenters. The first-order chi connectivity index (χ1) is 12.5. The van der Waals surface area contributed by atoms with Crippen LogP contribution in [0.5, 0.6) is 0 Å². The molecule has 2 aromatic heterocycles. The van der Waals surface area contributed by atoms with Crippen LogP contribution in [0.25, 0.3) is 0 Å². The molecule has 0 aliphatic rings. The predicted molar refractivity (Wildman–Crippen MR) is 99.7 cm³/mol. The summed E-state index contributed by atoms with van der Waals surface area (Å²) in [6.07, 6.45) is 2.43. The second kappa shape index (κ2) is 7.95. The molecular weight excluding hydrogens is 329 g/mol. The van der Waals surface area contributed by atoms with E-state index in [4.69, 9.17) is 0 Å². The highest BCUT2D eigenvalue weighted by atomic mass is 19.1. The summed E-state index contributed by atoms with van der Waals surface area (Å²) in [6, 6.07) is 14.1. The largest absolute Gasteiger partial charge is 0.350 e. The highest BCUT2D eigenvalue weighted by Crippen LogP contribution is 2.17. The summed E-state index contributed by atoms with van der Waals surface area (Å²) in [6.45, 7) is 4.96. The number of pyridine rings is 1. The van der Waals surface area contributed by atoms with Crippen LogP contribution in [0.2, 0.25) is 0 Å². The van der Waals surface area contributed by atoms with E-state index in [9.17, 15) is 9.18 Å². The molecule has 1 amide bonds. The van der Waals surface area contributed by atoms with E-state index in [1.54, 1.807) is 18.3 Å². The second-order valence-electron chi connectivity index (χ2n) is 6.36. The minimum Gasteiger partial charge on any atom is -0.350 e. The van der Waals surface area contributed by atoms with Crippen LogP contribution in [0.1, 0.15) is 33.0 Å². The molecular formula is C21H22FN3O. The average Bonchev–Trinajstić information content (AvgIpc) is 2.91. The molecule has 1 N–H and O–H groups in total. The van der Waals surface area contributed by atoms with Gasteiger partial charge in [0.05, 0.1) is 0 Å². The van der Waals surface area contributed by atoms with Gasteiger partial charge in [-0.15, -0.1) is 0 Å². The van der Waals surface area contributed by atoms with Crippen molar-refractivity contribution in [1.29, 1.82) is 0 Å². The Morgan fingerprint density at radius 1 is 1.15 bits per heavy atom. The van der Waals surface area contributed by atoms with Crippen LogP contribution < -0.4 is 5.32 Å². The minimum atomic E-state index is -0.262. The zero-order valence-electron chi connectivity index (χ0n) is 15.0. The fraction of sp³-hybridized carbons (Fsp3) is 0.238. The van der Waals surface area contributed by atoms with Crippen LogP contribution in [0.15, 0.2) is 54.7 Å². The summed E-state index contributed by atoms with van der Waals surface area (Å²) < 4.78 is 15.1. The lowest BCUT2D eigenvalue weighted by Gasteiger charge is -2.13. The average molecular weight is 351 g/mol. The van der Waals surface area contributed by atoms with Gasteiger partial charge in [0, 0.05) is 37.1 Å². The maximum absolute atomic E-state index is 13.1. The second-order valence-corrected chi connectivity index (χ2v) is 6.36. The first-order valence-electron chi connectivity index (χ1n) is 8.64. The van der Waals surface area contributed by atoms with Gasteiger partial charge in [-0.3, -0.25) is 9.78 Å². The molecule has 0 bridgehead atoms. The van der Waals surface area contributed by atoms with Crippen molar-refractivity contribution >= 4 is 5.91 Å². The Balaban J connectivity index is 1.72. The van der Waals surface area contributed by atoms with Gasteiger partial charge in [0.15, 0.2) is 0 Å². The zero-order valence-corrected chi connectivity index (χ0v) is 15.0. The van der Waals surface area contributed by atoms with E-state index >= 15 is 0 Å². The van der Waals surface area contributed by atoms with E-state index in [2.05, 4.69) is 10.3 Å². The van der Waals surface area contributed by atoms with Crippen molar-refractivity contribution in [3.8, 4) is 0 Å². The Morgan fingerprint density at radius 2 is 1.92 bits per heavy atom. The van der Waals surface area contributed by atoms with Crippen molar-refractivity contribution in [2.75, 3.05) is 6.54 Å². The molecule has 0 saturated heterocycles. The summed E-state index contributed by atoms with van der Waals surface area (Å²) >= 11 is 0. The number of nitrogens with zero attached hydrogens (tertiary/aromatic N) is 2. The number of hydrogen-bond acceptors (Lipinski definition) is 2. The monoisotopic (exact) mass is 351 g/mol. The van der Waals surface area contributed by atoms with Crippen LogP contribution in [0, 0.1) is 19.7 Å². The Kier molecular flexibility index (Phi) is 5.46. The van der Waals surface area contributed by atoms with Gasteiger partial charge in [-0.25, -0.2) is 4.39 Å². The number of aryl methyl sites for hydroxylation is 2. The van der Waals surface area contributed by atoms with E-state index in [1.165, 1.54) is 12.1 Å². The van der Waals surface area contributed by atoms with E-state index < -0.39 is 0 Å². The molecule has 0 saturated carbocycles. The van der Waals surface area contributed by atoms with Crippen molar-refractivity contribution in [2.45, 2.75) is 26.8 Å². The van der Waals surface area contributed by atoms with Crippen LogP contribution in [-0.2, 0) is 13.0 Å². The van der Waals surface area contributed by atoms with E-state index in [-0.39, 0.29) is 11.7 Å².